The van der Waals surface area contributed by atoms with Crippen molar-refractivity contribution in [3.8, 4) is 5.88 Å². The normalized spacial score (nSPS) is 16.3. The van der Waals surface area contributed by atoms with Crippen molar-refractivity contribution in [3.05, 3.63) is 17.8 Å². The van der Waals surface area contributed by atoms with E-state index >= 15 is 0 Å². The van der Waals surface area contributed by atoms with E-state index in [-0.39, 0.29) is 11.8 Å². The molecule has 0 bridgehead atoms. The average Bonchev–Trinajstić information content (AvgIpc) is 2.40. The molecule has 1 aromatic rings. The van der Waals surface area contributed by atoms with Crippen LogP contribution >= 0.6 is 0 Å². The second kappa shape index (κ2) is 5.82. The van der Waals surface area contributed by atoms with Crippen LogP contribution < -0.4 is 15.4 Å². The first-order chi connectivity index (χ1) is 8.70. The lowest BCUT2D eigenvalue weighted by molar-refractivity contribution is -0.120. The first-order valence-corrected chi connectivity index (χ1v) is 6.23. The van der Waals surface area contributed by atoms with Crippen LogP contribution in [0.25, 0.3) is 0 Å². The fraction of sp³-hybridized carbons (Fsp3) is 0.538. The fourth-order valence-corrected chi connectivity index (χ4v) is 2.13. The molecule has 0 spiro atoms. The van der Waals surface area contributed by atoms with Gasteiger partial charge in [0.15, 0.2) is 0 Å². The van der Waals surface area contributed by atoms with Crippen molar-refractivity contribution in [1.29, 1.82) is 0 Å². The summed E-state index contributed by atoms with van der Waals surface area (Å²) in [5.74, 6) is 0.599. The van der Waals surface area contributed by atoms with Crippen LogP contribution in [0, 0.1) is 12.8 Å². The largest absolute Gasteiger partial charge is 0.480 e. The molecule has 5 nitrogen and oxygen atoms in total. The zero-order valence-electron chi connectivity index (χ0n) is 10.8. The fourth-order valence-electron chi connectivity index (χ4n) is 2.13. The quantitative estimate of drug-likeness (QED) is 0.848. The van der Waals surface area contributed by atoms with Crippen molar-refractivity contribution in [3.63, 3.8) is 0 Å². The molecule has 1 amide bonds. The third-order valence-corrected chi connectivity index (χ3v) is 3.15. The summed E-state index contributed by atoms with van der Waals surface area (Å²) in [5.41, 5.74) is 1.65. The molecule has 98 valence electrons. The maximum Gasteiger partial charge on any atom is 0.237 e. The molecule has 1 aromatic heterocycles. The molecule has 2 heterocycles. The minimum atomic E-state index is 0.0576. The van der Waals surface area contributed by atoms with Crippen molar-refractivity contribution in [2.75, 3.05) is 25.5 Å². The number of nitrogens with one attached hydrogen (secondary N) is 2. The molecule has 0 aromatic carbocycles. The molecule has 2 rings (SSSR count). The monoisotopic (exact) mass is 249 g/mol. The minimum absolute atomic E-state index is 0.0576. The molecule has 0 saturated carbocycles. The van der Waals surface area contributed by atoms with Gasteiger partial charge in [-0.15, -0.1) is 0 Å². The summed E-state index contributed by atoms with van der Waals surface area (Å²) in [5, 5.41) is 6.17. The zero-order valence-corrected chi connectivity index (χ0v) is 10.8. The van der Waals surface area contributed by atoms with Gasteiger partial charge in [-0.25, -0.2) is 4.98 Å². The first-order valence-electron chi connectivity index (χ1n) is 6.23. The number of aromatic nitrogens is 1. The molecule has 1 saturated heterocycles. The van der Waals surface area contributed by atoms with Gasteiger partial charge in [0.05, 0.1) is 7.11 Å². The number of carbonyl (C=O) groups is 1. The third-order valence-electron chi connectivity index (χ3n) is 3.15. The van der Waals surface area contributed by atoms with E-state index in [9.17, 15) is 4.79 Å². The SMILES string of the molecule is COc1ncc(C)cc1NC(=O)C1CCNCC1. The number of aryl methyl sites for hydroxylation is 1. The summed E-state index contributed by atoms with van der Waals surface area (Å²) in [6.07, 6.45) is 3.49. The molecule has 0 unspecified atom stereocenters. The van der Waals surface area contributed by atoms with Crippen molar-refractivity contribution in [2.45, 2.75) is 19.8 Å². The molecular formula is C13H19N3O2. The van der Waals surface area contributed by atoms with Crippen LogP contribution in [0.4, 0.5) is 5.69 Å². The topological polar surface area (TPSA) is 63.2 Å². The summed E-state index contributed by atoms with van der Waals surface area (Å²) in [6, 6.07) is 1.88. The number of pyridine rings is 1. The number of hydrogen-bond donors (Lipinski definition) is 2. The van der Waals surface area contributed by atoms with E-state index in [4.69, 9.17) is 4.74 Å². The summed E-state index contributed by atoms with van der Waals surface area (Å²) >= 11 is 0. The Kier molecular flexibility index (Phi) is 4.15. The molecule has 1 fully saturated rings. The van der Waals surface area contributed by atoms with Gasteiger partial charge in [0.1, 0.15) is 5.69 Å². The molecule has 0 atom stereocenters. The van der Waals surface area contributed by atoms with Crippen molar-refractivity contribution in [1.82, 2.24) is 10.3 Å². The number of nitrogens with zero attached hydrogens (tertiary/aromatic N) is 1. The van der Waals surface area contributed by atoms with Gasteiger partial charge < -0.3 is 15.4 Å². The standard InChI is InChI=1S/C13H19N3O2/c1-9-7-11(13(18-2)15-8-9)16-12(17)10-3-5-14-6-4-10/h7-8,10,14H,3-6H2,1-2H3,(H,16,17). The second-order valence-corrected chi connectivity index (χ2v) is 4.58. The highest BCUT2D eigenvalue weighted by atomic mass is 16.5. The maximum atomic E-state index is 12.1. The van der Waals surface area contributed by atoms with Gasteiger partial charge >= 0.3 is 0 Å². The molecular weight excluding hydrogens is 230 g/mol. The molecule has 2 N–H and O–H groups in total. The van der Waals surface area contributed by atoms with E-state index in [1.54, 1.807) is 13.3 Å². The molecule has 0 aliphatic carbocycles. The Morgan fingerprint density at radius 2 is 2.22 bits per heavy atom. The lowest BCUT2D eigenvalue weighted by atomic mass is 9.97. The number of rotatable bonds is 3. The Hall–Kier alpha value is -1.62. The smallest absolute Gasteiger partial charge is 0.237 e. The van der Waals surface area contributed by atoms with Crippen LogP contribution in [0.5, 0.6) is 5.88 Å². The van der Waals surface area contributed by atoms with Gasteiger partial charge in [-0.1, -0.05) is 0 Å². The van der Waals surface area contributed by atoms with Crippen LogP contribution in [0.15, 0.2) is 12.3 Å². The van der Waals surface area contributed by atoms with Crippen molar-refractivity contribution < 1.29 is 9.53 Å². The summed E-state index contributed by atoms with van der Waals surface area (Å²) in [6.45, 7) is 3.75. The highest BCUT2D eigenvalue weighted by molar-refractivity contribution is 5.93. The first kappa shape index (κ1) is 12.8. The van der Waals surface area contributed by atoms with E-state index < -0.39 is 0 Å². The Balaban J connectivity index is 2.07. The van der Waals surface area contributed by atoms with Crippen molar-refractivity contribution >= 4 is 11.6 Å². The Morgan fingerprint density at radius 3 is 2.89 bits per heavy atom. The number of carbonyl (C=O) groups excluding carboxylic acids is 1. The van der Waals surface area contributed by atoms with Crippen LogP contribution in [-0.2, 0) is 4.79 Å². The number of amides is 1. The summed E-state index contributed by atoms with van der Waals surface area (Å²) in [7, 11) is 1.55. The zero-order chi connectivity index (χ0) is 13.0. The van der Waals surface area contributed by atoms with Gasteiger partial charge in [-0.3, -0.25) is 4.79 Å². The maximum absolute atomic E-state index is 12.1. The van der Waals surface area contributed by atoms with Gasteiger partial charge in [0, 0.05) is 12.1 Å². The van der Waals surface area contributed by atoms with Gasteiger partial charge in [-0.05, 0) is 44.5 Å². The molecule has 0 radical (unpaired) electrons. The minimum Gasteiger partial charge on any atom is -0.480 e. The Morgan fingerprint density at radius 1 is 1.50 bits per heavy atom. The molecule has 18 heavy (non-hydrogen) atoms. The third kappa shape index (κ3) is 2.98. The van der Waals surface area contributed by atoms with E-state index in [0.717, 1.165) is 31.5 Å². The lowest BCUT2D eigenvalue weighted by Crippen LogP contribution is -2.34. The highest BCUT2D eigenvalue weighted by Crippen LogP contribution is 2.23. The second-order valence-electron chi connectivity index (χ2n) is 4.58. The molecule has 1 aliphatic rings. The van der Waals surface area contributed by atoms with Gasteiger partial charge in [-0.2, -0.15) is 0 Å². The van der Waals surface area contributed by atoms with E-state index in [2.05, 4.69) is 15.6 Å². The Bertz CT molecular complexity index is 428. The van der Waals surface area contributed by atoms with E-state index in [0.29, 0.717) is 11.6 Å². The molecule has 1 aliphatic heterocycles. The molecule has 5 heteroatoms. The van der Waals surface area contributed by atoms with Crippen LogP contribution in [-0.4, -0.2) is 31.1 Å². The van der Waals surface area contributed by atoms with E-state index in [1.165, 1.54) is 0 Å². The number of piperidine rings is 1. The summed E-state index contributed by atoms with van der Waals surface area (Å²) < 4.78 is 5.15. The average molecular weight is 249 g/mol. The van der Waals surface area contributed by atoms with Crippen LogP contribution in [0.3, 0.4) is 0 Å². The van der Waals surface area contributed by atoms with E-state index in [1.807, 2.05) is 13.0 Å². The predicted octanol–water partition coefficient (Wildman–Crippen LogP) is 1.34. The van der Waals surface area contributed by atoms with Crippen molar-refractivity contribution in [2.24, 2.45) is 5.92 Å². The van der Waals surface area contributed by atoms with Gasteiger partial charge in [0.2, 0.25) is 11.8 Å². The number of hydrogen-bond acceptors (Lipinski definition) is 4. The highest BCUT2D eigenvalue weighted by Gasteiger charge is 2.22. The predicted molar refractivity (Wildman–Crippen MR) is 69.7 cm³/mol. The van der Waals surface area contributed by atoms with Crippen LogP contribution in [0.2, 0.25) is 0 Å². The van der Waals surface area contributed by atoms with Crippen LogP contribution in [0.1, 0.15) is 18.4 Å². The lowest BCUT2D eigenvalue weighted by Gasteiger charge is -2.22. The summed E-state index contributed by atoms with van der Waals surface area (Å²) in [4.78, 5) is 16.3. The van der Waals surface area contributed by atoms with Gasteiger partial charge in [0.25, 0.3) is 0 Å². The number of anilines is 1. The number of ether oxygens (including phenoxy) is 1. The number of methoxy groups -OCH3 is 1. The Labute approximate surface area is 107 Å².